The van der Waals surface area contributed by atoms with Crippen molar-refractivity contribution in [3.63, 3.8) is 0 Å². The Morgan fingerprint density at radius 3 is 2.83 bits per heavy atom. The Kier molecular flexibility index (Phi) is 7.87. The number of benzene rings is 2. The van der Waals surface area contributed by atoms with E-state index >= 15 is 4.39 Å². The zero-order valence-electron chi connectivity index (χ0n) is 25.9. The van der Waals surface area contributed by atoms with Gasteiger partial charge >= 0.3 is 6.09 Å². The van der Waals surface area contributed by atoms with Crippen LogP contribution in [0, 0.1) is 30.0 Å². The molecule has 12 heteroatoms. The number of halogens is 2. The molecule has 236 valence electrons. The van der Waals surface area contributed by atoms with Gasteiger partial charge in [0.05, 0.1) is 35.8 Å². The fourth-order valence-electron chi connectivity index (χ4n) is 7.32. The third-order valence-electron chi connectivity index (χ3n) is 9.52. The Bertz CT molecular complexity index is 2020. The average molecular weight is 641 g/mol. The van der Waals surface area contributed by atoms with Gasteiger partial charge in [0, 0.05) is 47.1 Å². The summed E-state index contributed by atoms with van der Waals surface area (Å²) in [4.78, 5) is 23.8. The highest BCUT2D eigenvalue weighted by atomic mass is 35.5. The highest BCUT2D eigenvalue weighted by Crippen LogP contribution is 2.45. The van der Waals surface area contributed by atoms with Crippen molar-refractivity contribution in [3.05, 3.63) is 70.6 Å². The van der Waals surface area contributed by atoms with Crippen LogP contribution in [0.5, 0.6) is 0 Å². The SMILES string of the molecule is COC(=O)N1CCC[C@@H]1c1cc2c(-n3cncn3)nc3c(F)c(-c4cccc(C)c4Cl)c(CCC#N)cc3c2n1[C@@H]1CNC[C@H]1C. The third-order valence-corrected chi connectivity index (χ3v) is 10.0. The number of rotatable bonds is 6. The predicted molar refractivity (Wildman–Crippen MR) is 173 cm³/mol. The summed E-state index contributed by atoms with van der Waals surface area (Å²) in [5.74, 6) is 0.185. The number of aryl methyl sites for hydroxylation is 2. The maximum atomic E-state index is 17.3. The molecule has 2 aromatic carbocycles. The molecule has 0 radical (unpaired) electrons. The minimum Gasteiger partial charge on any atom is -0.453 e. The number of methoxy groups -OCH3 is 1. The fourth-order valence-corrected chi connectivity index (χ4v) is 7.54. The number of nitrogens with zero attached hydrogens (tertiary/aromatic N) is 7. The number of fused-ring (bicyclic) bond motifs is 3. The van der Waals surface area contributed by atoms with E-state index < -0.39 is 5.82 Å². The monoisotopic (exact) mass is 640 g/mol. The summed E-state index contributed by atoms with van der Waals surface area (Å²) < 4.78 is 26.3. The number of nitriles is 1. The topological polar surface area (TPSA) is 114 Å². The summed E-state index contributed by atoms with van der Waals surface area (Å²) in [5.41, 5.74) is 4.33. The first-order valence-corrected chi connectivity index (χ1v) is 15.9. The zero-order valence-corrected chi connectivity index (χ0v) is 26.7. The zero-order chi connectivity index (χ0) is 32.1. The summed E-state index contributed by atoms with van der Waals surface area (Å²) in [6.07, 6.45) is 4.75. The Morgan fingerprint density at radius 1 is 1.26 bits per heavy atom. The minimum atomic E-state index is -0.509. The number of hydrogen-bond donors (Lipinski definition) is 1. The van der Waals surface area contributed by atoms with E-state index in [1.807, 2.05) is 25.1 Å². The lowest BCUT2D eigenvalue weighted by molar-refractivity contribution is 0.117. The van der Waals surface area contributed by atoms with Crippen LogP contribution in [0.15, 0.2) is 43.0 Å². The van der Waals surface area contributed by atoms with Crippen molar-refractivity contribution in [1.29, 1.82) is 5.26 Å². The molecular weight excluding hydrogens is 607 g/mol. The normalized spacial score (nSPS) is 19.7. The number of carbonyl (C=O) groups is 1. The van der Waals surface area contributed by atoms with Crippen molar-refractivity contribution in [1.82, 2.24) is 34.5 Å². The second-order valence-electron chi connectivity index (χ2n) is 12.2. The van der Waals surface area contributed by atoms with Gasteiger partial charge in [-0.05, 0) is 61.9 Å². The number of pyridine rings is 1. The Balaban J connectivity index is 1.62. The Hall–Kier alpha value is -4.53. The van der Waals surface area contributed by atoms with Crippen LogP contribution in [0.3, 0.4) is 0 Å². The molecule has 5 aromatic rings. The molecule has 1 N–H and O–H groups in total. The molecule has 10 nitrogen and oxygen atoms in total. The number of hydrogen-bond acceptors (Lipinski definition) is 7. The summed E-state index contributed by atoms with van der Waals surface area (Å²) in [6.45, 7) is 6.21. The van der Waals surface area contributed by atoms with Gasteiger partial charge in [0.25, 0.3) is 0 Å². The largest absolute Gasteiger partial charge is 0.453 e. The first-order chi connectivity index (χ1) is 22.3. The molecule has 5 heterocycles. The summed E-state index contributed by atoms with van der Waals surface area (Å²) in [5, 5.41) is 19.4. The number of aromatic nitrogens is 5. The van der Waals surface area contributed by atoms with Crippen molar-refractivity contribution in [2.45, 2.75) is 51.6 Å². The molecule has 3 atom stereocenters. The fraction of sp³-hybridized carbons (Fsp3) is 0.382. The number of ether oxygens (including phenoxy) is 1. The van der Waals surface area contributed by atoms with Crippen molar-refractivity contribution in [2.24, 2.45) is 5.92 Å². The summed E-state index contributed by atoms with van der Waals surface area (Å²) in [7, 11) is 1.40. The van der Waals surface area contributed by atoms with Crippen LogP contribution in [0.25, 0.3) is 38.8 Å². The quantitative estimate of drug-likeness (QED) is 0.220. The van der Waals surface area contributed by atoms with Crippen molar-refractivity contribution < 1.29 is 13.9 Å². The van der Waals surface area contributed by atoms with Gasteiger partial charge in [-0.2, -0.15) is 10.4 Å². The molecule has 7 rings (SSSR count). The molecule has 0 spiro atoms. The Morgan fingerprint density at radius 2 is 2.11 bits per heavy atom. The minimum absolute atomic E-state index is 0.0262. The van der Waals surface area contributed by atoms with Gasteiger partial charge in [-0.1, -0.05) is 36.7 Å². The van der Waals surface area contributed by atoms with E-state index in [4.69, 9.17) is 21.3 Å². The highest BCUT2D eigenvalue weighted by molar-refractivity contribution is 6.34. The maximum absolute atomic E-state index is 17.3. The molecule has 2 saturated heterocycles. The van der Waals surface area contributed by atoms with Crippen LogP contribution in [0.1, 0.15) is 55.1 Å². The van der Waals surface area contributed by atoms with E-state index in [1.54, 1.807) is 22.0 Å². The predicted octanol–water partition coefficient (Wildman–Crippen LogP) is 6.68. The lowest BCUT2D eigenvalue weighted by Gasteiger charge is -2.29. The molecule has 0 saturated carbocycles. The van der Waals surface area contributed by atoms with Crippen LogP contribution in [-0.4, -0.2) is 62.1 Å². The number of nitrogens with one attached hydrogen (secondary N) is 1. The number of carbonyl (C=O) groups excluding carboxylic acids is 1. The van der Waals surface area contributed by atoms with E-state index in [2.05, 4.69) is 39.0 Å². The number of amides is 1. The summed E-state index contributed by atoms with van der Waals surface area (Å²) >= 11 is 6.79. The smallest absolute Gasteiger partial charge is 0.410 e. The molecule has 2 aliphatic rings. The van der Waals surface area contributed by atoms with E-state index in [0.717, 1.165) is 41.5 Å². The van der Waals surface area contributed by atoms with Crippen molar-refractivity contribution in [2.75, 3.05) is 26.7 Å². The van der Waals surface area contributed by atoms with Gasteiger partial charge in [0.15, 0.2) is 11.6 Å². The van der Waals surface area contributed by atoms with Gasteiger partial charge in [0.1, 0.15) is 18.2 Å². The van der Waals surface area contributed by atoms with E-state index in [9.17, 15) is 10.1 Å². The molecule has 46 heavy (non-hydrogen) atoms. The highest BCUT2D eigenvalue weighted by Gasteiger charge is 2.38. The standard InChI is InChI=1S/C34H34ClFN8O2/c1-19-7-4-9-22(29(19)35)28-21(8-5-11-37)13-23-31(30(28)36)41-33(43-18-39-17-40-43)24-14-26(25-10-6-12-42(25)34(45)46-3)44(32(23)24)27-16-38-15-20(27)2/h4,7,9,13-14,17-18,20,25,27,38H,5-6,8,10,12,15-16H2,1-3H3/t20-,25-,27-/m1/s1. The third kappa shape index (κ3) is 4.79. The van der Waals surface area contributed by atoms with Crippen molar-refractivity contribution >= 4 is 39.5 Å². The van der Waals surface area contributed by atoms with Crippen molar-refractivity contribution in [3.8, 4) is 23.0 Å². The first kappa shape index (κ1) is 30.1. The molecule has 0 bridgehead atoms. The summed E-state index contributed by atoms with van der Waals surface area (Å²) in [6, 6.07) is 11.6. The molecule has 0 unspecified atom stereocenters. The van der Waals surface area contributed by atoms with Crippen LogP contribution >= 0.6 is 11.6 Å². The number of likely N-dealkylation sites (tertiary alicyclic amines) is 1. The molecule has 2 fully saturated rings. The molecule has 3 aromatic heterocycles. The maximum Gasteiger partial charge on any atom is 0.410 e. The second-order valence-corrected chi connectivity index (χ2v) is 12.6. The van der Waals surface area contributed by atoms with Gasteiger partial charge in [-0.25, -0.2) is 23.8 Å². The molecule has 2 aliphatic heterocycles. The molecule has 1 amide bonds. The van der Waals surface area contributed by atoms with E-state index in [0.29, 0.717) is 52.4 Å². The van der Waals surface area contributed by atoms with Gasteiger partial charge in [-0.15, -0.1) is 0 Å². The van der Waals surface area contributed by atoms with E-state index in [-0.39, 0.29) is 36.0 Å². The average Bonchev–Trinajstić information content (AvgIpc) is 3.88. The van der Waals surface area contributed by atoms with Crippen LogP contribution < -0.4 is 5.32 Å². The van der Waals surface area contributed by atoms with Gasteiger partial charge < -0.3 is 14.6 Å². The van der Waals surface area contributed by atoms with Crippen LogP contribution in [0.2, 0.25) is 5.02 Å². The van der Waals surface area contributed by atoms with Crippen LogP contribution in [-0.2, 0) is 11.2 Å². The Labute approximate surface area is 270 Å². The van der Waals surface area contributed by atoms with Gasteiger partial charge in [0.2, 0.25) is 0 Å². The first-order valence-electron chi connectivity index (χ1n) is 15.6. The van der Waals surface area contributed by atoms with E-state index in [1.165, 1.54) is 13.4 Å². The molecule has 0 aliphatic carbocycles. The van der Waals surface area contributed by atoms with Crippen LogP contribution in [0.4, 0.5) is 9.18 Å². The lowest BCUT2D eigenvalue weighted by atomic mass is 9.92. The second kappa shape index (κ2) is 12.0. The lowest BCUT2D eigenvalue weighted by Crippen LogP contribution is -2.32. The van der Waals surface area contributed by atoms with Gasteiger partial charge in [-0.3, -0.25) is 4.90 Å². The molecular formula is C34H34ClFN8O2.